The predicted octanol–water partition coefficient (Wildman–Crippen LogP) is 0.202. The van der Waals surface area contributed by atoms with Crippen molar-refractivity contribution >= 4 is 5.91 Å². The minimum absolute atomic E-state index is 0.0208. The molecule has 3 N–H and O–H groups in total. The van der Waals surface area contributed by atoms with Gasteiger partial charge >= 0.3 is 0 Å². The highest BCUT2D eigenvalue weighted by Gasteiger charge is 2.25. The lowest BCUT2D eigenvalue weighted by molar-refractivity contribution is -0.137. The van der Waals surface area contributed by atoms with Crippen LogP contribution in [0.5, 0.6) is 0 Å². The van der Waals surface area contributed by atoms with Gasteiger partial charge in [0.25, 0.3) is 0 Å². The molecule has 4 nitrogen and oxygen atoms in total. The molecule has 1 heterocycles. The summed E-state index contributed by atoms with van der Waals surface area (Å²) in [4.78, 5) is 13.8. The number of carbonyl (C=O) groups excluding carboxylic acids is 1. The van der Waals surface area contributed by atoms with Crippen molar-refractivity contribution < 1.29 is 9.90 Å². The molecule has 1 amide bonds. The van der Waals surface area contributed by atoms with Crippen LogP contribution in [0, 0.1) is 11.8 Å². The van der Waals surface area contributed by atoms with E-state index in [2.05, 4.69) is 0 Å². The van der Waals surface area contributed by atoms with Gasteiger partial charge in [-0.05, 0) is 31.7 Å². The van der Waals surface area contributed by atoms with Gasteiger partial charge in [0.15, 0.2) is 0 Å². The van der Waals surface area contributed by atoms with Crippen LogP contribution in [0.25, 0.3) is 0 Å². The summed E-state index contributed by atoms with van der Waals surface area (Å²) in [7, 11) is 0. The molecule has 1 fully saturated rings. The van der Waals surface area contributed by atoms with E-state index >= 15 is 0 Å². The molecule has 1 aliphatic heterocycles. The standard InChI is InChI=1S/C11H22N2O2/c1-9(4-5-12)11(15)13-6-2-3-10(7-13)8-14/h9-10,14H,2-8,12H2,1H3. The van der Waals surface area contributed by atoms with Crippen molar-refractivity contribution in [2.24, 2.45) is 17.6 Å². The second-order valence-corrected chi connectivity index (χ2v) is 4.45. The Balaban J connectivity index is 2.44. The van der Waals surface area contributed by atoms with Crippen LogP contribution in [0.2, 0.25) is 0 Å². The van der Waals surface area contributed by atoms with E-state index in [1.165, 1.54) is 0 Å². The summed E-state index contributed by atoms with van der Waals surface area (Å²) in [5, 5.41) is 9.07. The first-order valence-corrected chi connectivity index (χ1v) is 5.78. The number of likely N-dealkylation sites (tertiary alicyclic amines) is 1. The zero-order valence-corrected chi connectivity index (χ0v) is 9.48. The molecular weight excluding hydrogens is 192 g/mol. The number of piperidine rings is 1. The second kappa shape index (κ2) is 6.08. The van der Waals surface area contributed by atoms with Gasteiger partial charge in [-0.2, -0.15) is 0 Å². The normalized spacial score (nSPS) is 23.9. The summed E-state index contributed by atoms with van der Waals surface area (Å²) < 4.78 is 0. The van der Waals surface area contributed by atoms with Crippen LogP contribution >= 0.6 is 0 Å². The molecule has 15 heavy (non-hydrogen) atoms. The third-order valence-electron chi connectivity index (χ3n) is 3.11. The summed E-state index contributed by atoms with van der Waals surface area (Å²) in [5.41, 5.74) is 5.44. The van der Waals surface area contributed by atoms with E-state index in [9.17, 15) is 4.79 Å². The molecule has 0 saturated carbocycles. The van der Waals surface area contributed by atoms with Crippen molar-refractivity contribution in [1.29, 1.82) is 0 Å². The van der Waals surface area contributed by atoms with Crippen LogP contribution in [-0.4, -0.2) is 42.2 Å². The maximum absolute atomic E-state index is 11.9. The zero-order valence-electron chi connectivity index (χ0n) is 9.48. The van der Waals surface area contributed by atoms with Gasteiger partial charge in [0.1, 0.15) is 0 Å². The summed E-state index contributed by atoms with van der Waals surface area (Å²) in [6, 6.07) is 0. The highest BCUT2D eigenvalue weighted by molar-refractivity contribution is 5.78. The number of aliphatic hydroxyl groups is 1. The van der Waals surface area contributed by atoms with Crippen LogP contribution in [0.1, 0.15) is 26.2 Å². The highest BCUT2D eigenvalue weighted by atomic mass is 16.3. The average molecular weight is 214 g/mol. The van der Waals surface area contributed by atoms with Crippen molar-refractivity contribution in [2.75, 3.05) is 26.2 Å². The zero-order chi connectivity index (χ0) is 11.3. The fraction of sp³-hybridized carbons (Fsp3) is 0.909. The van der Waals surface area contributed by atoms with E-state index in [0.29, 0.717) is 13.1 Å². The molecule has 0 aromatic carbocycles. The molecule has 0 radical (unpaired) electrons. The Morgan fingerprint density at radius 2 is 2.40 bits per heavy atom. The number of nitrogens with two attached hydrogens (primary N) is 1. The van der Waals surface area contributed by atoms with Gasteiger partial charge < -0.3 is 15.7 Å². The lowest BCUT2D eigenvalue weighted by atomic mass is 9.97. The van der Waals surface area contributed by atoms with E-state index in [1.54, 1.807) is 0 Å². The van der Waals surface area contributed by atoms with Gasteiger partial charge in [0.2, 0.25) is 5.91 Å². The molecule has 0 aromatic rings. The molecule has 2 atom stereocenters. The summed E-state index contributed by atoms with van der Waals surface area (Å²) in [6.45, 7) is 4.23. The van der Waals surface area contributed by atoms with Gasteiger partial charge in [-0.3, -0.25) is 4.79 Å². The summed E-state index contributed by atoms with van der Waals surface area (Å²) >= 11 is 0. The molecule has 0 aromatic heterocycles. The monoisotopic (exact) mass is 214 g/mol. The highest BCUT2D eigenvalue weighted by Crippen LogP contribution is 2.18. The number of amides is 1. The second-order valence-electron chi connectivity index (χ2n) is 4.45. The first-order chi connectivity index (χ1) is 7.19. The van der Waals surface area contributed by atoms with Gasteiger partial charge in [-0.25, -0.2) is 0 Å². The number of hydrogen-bond acceptors (Lipinski definition) is 3. The maximum Gasteiger partial charge on any atom is 0.225 e. The van der Waals surface area contributed by atoms with Crippen LogP contribution in [0.3, 0.4) is 0 Å². The number of hydrogen-bond donors (Lipinski definition) is 2. The van der Waals surface area contributed by atoms with Crippen LogP contribution in [0.4, 0.5) is 0 Å². The minimum atomic E-state index is 0.0208. The van der Waals surface area contributed by atoms with Crippen LogP contribution < -0.4 is 5.73 Å². The van der Waals surface area contributed by atoms with E-state index in [-0.39, 0.29) is 24.3 Å². The van der Waals surface area contributed by atoms with Gasteiger partial charge in [-0.15, -0.1) is 0 Å². The summed E-state index contributed by atoms with van der Waals surface area (Å²) in [5.74, 6) is 0.485. The molecule has 88 valence electrons. The van der Waals surface area contributed by atoms with Crippen LogP contribution in [-0.2, 0) is 4.79 Å². The van der Waals surface area contributed by atoms with Crippen molar-refractivity contribution in [3.05, 3.63) is 0 Å². The largest absolute Gasteiger partial charge is 0.396 e. The predicted molar refractivity (Wildman–Crippen MR) is 59.2 cm³/mol. The molecule has 2 unspecified atom stereocenters. The first kappa shape index (κ1) is 12.5. The number of carbonyl (C=O) groups is 1. The number of aliphatic hydroxyl groups excluding tert-OH is 1. The molecule has 0 spiro atoms. The van der Waals surface area contributed by atoms with Crippen molar-refractivity contribution in [1.82, 2.24) is 4.90 Å². The Hall–Kier alpha value is -0.610. The SMILES string of the molecule is CC(CCN)C(=O)N1CCCC(CO)C1. The van der Waals surface area contributed by atoms with Crippen molar-refractivity contribution in [3.63, 3.8) is 0 Å². The lowest BCUT2D eigenvalue weighted by Gasteiger charge is -2.33. The van der Waals surface area contributed by atoms with E-state index in [0.717, 1.165) is 25.8 Å². The fourth-order valence-electron chi connectivity index (χ4n) is 2.10. The van der Waals surface area contributed by atoms with Gasteiger partial charge in [0.05, 0.1) is 0 Å². The van der Waals surface area contributed by atoms with E-state index < -0.39 is 0 Å². The first-order valence-electron chi connectivity index (χ1n) is 5.78. The Labute approximate surface area is 91.4 Å². The average Bonchev–Trinajstić information content (AvgIpc) is 2.28. The Morgan fingerprint density at radius 3 is 3.00 bits per heavy atom. The van der Waals surface area contributed by atoms with Crippen molar-refractivity contribution in [3.8, 4) is 0 Å². The molecular formula is C11H22N2O2. The van der Waals surface area contributed by atoms with E-state index in [1.807, 2.05) is 11.8 Å². The topological polar surface area (TPSA) is 66.6 Å². The lowest BCUT2D eigenvalue weighted by Crippen LogP contribution is -2.43. The van der Waals surface area contributed by atoms with E-state index in [4.69, 9.17) is 10.8 Å². The van der Waals surface area contributed by atoms with Crippen molar-refractivity contribution in [2.45, 2.75) is 26.2 Å². The molecule has 1 aliphatic rings. The third-order valence-corrected chi connectivity index (χ3v) is 3.11. The molecule has 1 saturated heterocycles. The molecule has 4 heteroatoms. The Bertz CT molecular complexity index is 209. The van der Waals surface area contributed by atoms with Crippen LogP contribution in [0.15, 0.2) is 0 Å². The Kier molecular flexibility index (Phi) is 5.05. The van der Waals surface area contributed by atoms with Gasteiger partial charge in [0, 0.05) is 25.6 Å². The number of rotatable bonds is 4. The van der Waals surface area contributed by atoms with Gasteiger partial charge in [-0.1, -0.05) is 6.92 Å². The maximum atomic E-state index is 11.9. The Morgan fingerprint density at radius 1 is 1.67 bits per heavy atom. The summed E-state index contributed by atoms with van der Waals surface area (Å²) in [6.07, 6.45) is 2.79. The third kappa shape index (κ3) is 3.47. The molecule has 0 bridgehead atoms. The minimum Gasteiger partial charge on any atom is -0.396 e. The quantitative estimate of drug-likeness (QED) is 0.702. The molecule has 0 aliphatic carbocycles. The fourth-order valence-corrected chi connectivity index (χ4v) is 2.10. The number of nitrogens with zero attached hydrogens (tertiary/aromatic N) is 1. The molecule has 1 rings (SSSR count). The smallest absolute Gasteiger partial charge is 0.225 e.